The molecule has 6 nitrogen and oxygen atoms in total. The lowest BCUT2D eigenvalue weighted by molar-refractivity contribution is -0.253. The zero-order valence-corrected chi connectivity index (χ0v) is 19.5. The molecule has 3 rings (SSSR count). The minimum absolute atomic E-state index is 0.00182. The van der Waals surface area contributed by atoms with Gasteiger partial charge in [0.15, 0.2) is 6.10 Å². The Morgan fingerprint density at radius 3 is 2.23 bits per heavy atom. The molecule has 0 radical (unpaired) electrons. The Labute approximate surface area is 215 Å². The predicted octanol–water partition coefficient (Wildman–Crippen LogP) is 6.64. The van der Waals surface area contributed by atoms with Gasteiger partial charge in [0.05, 0.1) is 6.54 Å². The predicted molar refractivity (Wildman–Crippen MR) is 119 cm³/mol. The first-order valence-corrected chi connectivity index (χ1v) is 10.9. The number of pyridine rings is 1. The van der Waals surface area contributed by atoms with Gasteiger partial charge in [-0.2, -0.15) is 39.5 Å². The molecule has 1 aromatic heterocycles. The summed E-state index contributed by atoms with van der Waals surface area (Å²) in [6.07, 6.45) is -15.9. The number of nitrogens with zero attached hydrogens (tertiary/aromatic N) is 2. The quantitative estimate of drug-likeness (QED) is 0.247. The van der Waals surface area contributed by atoms with Crippen molar-refractivity contribution in [3.63, 3.8) is 0 Å². The Bertz CT molecular complexity index is 1230. The third-order valence-corrected chi connectivity index (χ3v) is 4.94. The molecule has 0 spiro atoms. The number of aliphatic hydroxyl groups is 1. The number of aliphatic hydroxyl groups excluding tert-OH is 1. The average Bonchev–Trinajstić information content (AvgIpc) is 2.84. The van der Waals surface area contributed by atoms with Gasteiger partial charge in [-0.1, -0.05) is 24.3 Å². The summed E-state index contributed by atoms with van der Waals surface area (Å²) in [6.45, 7) is -4.83. The number of aromatic nitrogens is 1. The summed E-state index contributed by atoms with van der Waals surface area (Å²) in [6, 6.07) is 12.2. The van der Waals surface area contributed by atoms with E-state index in [4.69, 9.17) is 4.74 Å². The maximum atomic E-state index is 13.6. The second kappa shape index (κ2) is 12.3. The van der Waals surface area contributed by atoms with Gasteiger partial charge in [0.1, 0.15) is 17.2 Å². The molecule has 0 aliphatic rings. The van der Waals surface area contributed by atoms with Crippen LogP contribution in [0.25, 0.3) is 0 Å². The van der Waals surface area contributed by atoms with Gasteiger partial charge in [0.2, 0.25) is 5.88 Å². The van der Waals surface area contributed by atoms with E-state index in [0.29, 0.717) is 0 Å². The maximum Gasteiger partial charge on any atom is 0.461 e. The lowest BCUT2D eigenvalue weighted by Crippen LogP contribution is -2.41. The molecular weight excluding hydrogens is 551 g/mol. The topological polar surface area (TPSA) is 64.1 Å². The summed E-state index contributed by atoms with van der Waals surface area (Å²) in [7, 11) is 0. The monoisotopic (exact) mass is 570 g/mol. The second-order valence-electron chi connectivity index (χ2n) is 7.82. The van der Waals surface area contributed by atoms with E-state index in [1.165, 1.54) is 48.5 Å². The van der Waals surface area contributed by atoms with Gasteiger partial charge in [-0.25, -0.2) is 4.98 Å². The first-order chi connectivity index (χ1) is 18.2. The van der Waals surface area contributed by atoms with Crippen LogP contribution in [0.3, 0.4) is 0 Å². The third-order valence-electron chi connectivity index (χ3n) is 4.94. The van der Waals surface area contributed by atoms with E-state index in [9.17, 15) is 44.6 Å². The first kappa shape index (κ1) is 29.7. The molecule has 0 saturated heterocycles. The van der Waals surface area contributed by atoms with Gasteiger partial charge in [-0.3, -0.25) is 0 Å². The molecule has 0 aliphatic carbocycles. The molecular formula is C24H19F9N2O4. The van der Waals surface area contributed by atoms with Crippen LogP contribution in [0.2, 0.25) is 0 Å². The van der Waals surface area contributed by atoms with Crippen LogP contribution in [-0.4, -0.2) is 48.1 Å². The van der Waals surface area contributed by atoms with E-state index in [1.807, 2.05) is 0 Å². The van der Waals surface area contributed by atoms with Crippen LogP contribution in [0.1, 0.15) is 5.56 Å². The van der Waals surface area contributed by atoms with Crippen LogP contribution >= 0.6 is 0 Å². The molecule has 0 fully saturated rings. The van der Waals surface area contributed by atoms with Crippen LogP contribution in [-0.2, 0) is 6.54 Å². The van der Waals surface area contributed by atoms with E-state index in [0.717, 1.165) is 23.2 Å². The number of anilines is 1. The summed E-state index contributed by atoms with van der Waals surface area (Å²) < 4.78 is 131. The lowest BCUT2D eigenvalue weighted by Gasteiger charge is -2.29. The van der Waals surface area contributed by atoms with Crippen molar-refractivity contribution >= 4 is 5.69 Å². The molecule has 3 aromatic rings. The van der Waals surface area contributed by atoms with Crippen LogP contribution in [0.5, 0.6) is 23.1 Å². The molecule has 2 aromatic carbocycles. The number of hydrogen-bond acceptors (Lipinski definition) is 6. The van der Waals surface area contributed by atoms with Gasteiger partial charge >= 0.3 is 25.3 Å². The number of ether oxygens (including phenoxy) is 3. The fourth-order valence-electron chi connectivity index (χ4n) is 3.19. The summed E-state index contributed by atoms with van der Waals surface area (Å²) in [5.41, 5.74) is -0.203. The second-order valence-corrected chi connectivity index (χ2v) is 7.82. The molecule has 1 atom stereocenters. The van der Waals surface area contributed by atoms with Crippen molar-refractivity contribution in [3.8, 4) is 23.1 Å². The van der Waals surface area contributed by atoms with E-state index < -0.39 is 56.1 Å². The molecule has 0 aliphatic heterocycles. The SMILES string of the molecule is OC(CN(Cc1ccccc1OC(F)(F)C(F)F)c1cccc(Oc2ccnc(OC(F)F)c2)c1)C(F)(F)F. The van der Waals surface area contributed by atoms with E-state index in [1.54, 1.807) is 0 Å². The Morgan fingerprint density at radius 2 is 1.56 bits per heavy atom. The number of halogens is 9. The van der Waals surface area contributed by atoms with Gasteiger partial charge in [0.25, 0.3) is 0 Å². The Morgan fingerprint density at radius 1 is 0.872 bits per heavy atom. The highest BCUT2D eigenvalue weighted by molar-refractivity contribution is 5.53. The van der Waals surface area contributed by atoms with Crippen molar-refractivity contribution < 1.29 is 58.8 Å². The van der Waals surface area contributed by atoms with Crippen LogP contribution in [0, 0.1) is 0 Å². The number of hydrogen-bond donors (Lipinski definition) is 1. The highest BCUT2D eigenvalue weighted by atomic mass is 19.4. The number of alkyl halides is 9. The summed E-state index contributed by atoms with van der Waals surface area (Å²) in [4.78, 5) is 4.51. The molecule has 1 unspecified atom stereocenters. The minimum atomic E-state index is -5.05. The molecule has 1 heterocycles. The standard InChI is InChI=1S/C24H19F9N2O4/c25-21(26)24(32,33)39-18-7-2-1-4-14(18)12-35(13-19(36)23(29,30)31)15-5-3-6-16(10-15)37-17-8-9-34-20(11-17)38-22(27)28/h1-11,19,21-22,36H,12-13H2. The molecule has 212 valence electrons. The Hall–Kier alpha value is -3.88. The van der Waals surface area contributed by atoms with Crippen molar-refractivity contribution in [1.29, 1.82) is 0 Å². The van der Waals surface area contributed by atoms with E-state index >= 15 is 0 Å². The van der Waals surface area contributed by atoms with Crippen LogP contribution in [0.15, 0.2) is 66.9 Å². The van der Waals surface area contributed by atoms with Crippen molar-refractivity contribution in [3.05, 3.63) is 72.4 Å². The molecule has 39 heavy (non-hydrogen) atoms. The largest absolute Gasteiger partial charge is 0.461 e. The van der Waals surface area contributed by atoms with Gasteiger partial charge in [-0.05, 0) is 24.3 Å². The Kier molecular flexibility index (Phi) is 9.37. The number of benzene rings is 2. The average molecular weight is 570 g/mol. The molecule has 1 N–H and O–H groups in total. The number of rotatable bonds is 12. The van der Waals surface area contributed by atoms with Crippen LogP contribution < -0.4 is 19.1 Å². The summed E-state index contributed by atoms with van der Waals surface area (Å²) in [5, 5.41) is 9.70. The van der Waals surface area contributed by atoms with Gasteiger partial charge in [0, 0.05) is 36.1 Å². The normalized spacial score (nSPS) is 12.9. The third kappa shape index (κ3) is 8.56. The number of para-hydroxylation sites is 1. The van der Waals surface area contributed by atoms with Crippen molar-refractivity contribution in [2.75, 3.05) is 11.4 Å². The molecule has 0 amide bonds. The molecule has 0 saturated carbocycles. The smallest absolute Gasteiger partial charge is 0.457 e. The molecule has 0 bridgehead atoms. The van der Waals surface area contributed by atoms with Gasteiger partial charge < -0.3 is 24.2 Å². The van der Waals surface area contributed by atoms with Crippen LogP contribution in [0.4, 0.5) is 45.2 Å². The van der Waals surface area contributed by atoms with Gasteiger partial charge in [-0.15, -0.1) is 0 Å². The minimum Gasteiger partial charge on any atom is -0.457 e. The van der Waals surface area contributed by atoms with Crippen molar-refractivity contribution in [2.24, 2.45) is 0 Å². The first-order valence-electron chi connectivity index (χ1n) is 10.9. The van der Waals surface area contributed by atoms with E-state index in [2.05, 4.69) is 14.5 Å². The zero-order valence-electron chi connectivity index (χ0n) is 19.5. The fraction of sp³-hybridized carbons (Fsp3) is 0.292. The Balaban J connectivity index is 1.92. The highest BCUT2D eigenvalue weighted by Crippen LogP contribution is 2.34. The highest BCUT2D eigenvalue weighted by Gasteiger charge is 2.44. The molecule has 15 heteroatoms. The fourth-order valence-corrected chi connectivity index (χ4v) is 3.19. The van der Waals surface area contributed by atoms with E-state index in [-0.39, 0.29) is 22.7 Å². The summed E-state index contributed by atoms with van der Waals surface area (Å²) in [5.74, 6) is -1.20. The maximum absolute atomic E-state index is 13.6. The van der Waals surface area contributed by atoms with Crippen molar-refractivity contribution in [2.45, 2.75) is 38.0 Å². The van der Waals surface area contributed by atoms with Crippen molar-refractivity contribution in [1.82, 2.24) is 4.98 Å². The lowest BCUT2D eigenvalue weighted by atomic mass is 10.1. The summed E-state index contributed by atoms with van der Waals surface area (Å²) >= 11 is 0. The zero-order chi connectivity index (χ0) is 28.8.